The number of carbonyl (C=O) groups is 3. The molecule has 2 amide bonds. The standard InChI is InChI=1S/C22H20N2O4S/c1-14-5-8-18(12-15(14)2)23-20(25)13-28-22(27)16-6-9-17(10-7-16)24-21(26)19-4-3-11-29-19/h3-12H,13H2,1-2H3,(H,23,25)(H,24,26). The van der Waals surface area contributed by atoms with Gasteiger partial charge in [0.15, 0.2) is 6.61 Å². The van der Waals surface area contributed by atoms with Crippen molar-refractivity contribution in [2.24, 2.45) is 0 Å². The van der Waals surface area contributed by atoms with Gasteiger partial charge in [-0.2, -0.15) is 0 Å². The summed E-state index contributed by atoms with van der Waals surface area (Å²) in [7, 11) is 0. The minimum Gasteiger partial charge on any atom is -0.452 e. The van der Waals surface area contributed by atoms with E-state index in [1.54, 1.807) is 30.3 Å². The Bertz CT molecular complexity index is 1030. The Labute approximate surface area is 172 Å². The second-order valence-electron chi connectivity index (χ2n) is 6.43. The zero-order valence-corrected chi connectivity index (χ0v) is 16.8. The van der Waals surface area contributed by atoms with E-state index in [4.69, 9.17) is 4.74 Å². The fourth-order valence-corrected chi connectivity index (χ4v) is 3.14. The highest BCUT2D eigenvalue weighted by Gasteiger charge is 2.12. The van der Waals surface area contributed by atoms with Crippen molar-refractivity contribution in [2.45, 2.75) is 13.8 Å². The Morgan fingerprint density at radius 3 is 2.28 bits per heavy atom. The summed E-state index contributed by atoms with van der Waals surface area (Å²) in [6.07, 6.45) is 0. The van der Waals surface area contributed by atoms with Crippen LogP contribution < -0.4 is 10.6 Å². The first-order chi connectivity index (χ1) is 13.9. The third-order valence-electron chi connectivity index (χ3n) is 4.25. The van der Waals surface area contributed by atoms with Gasteiger partial charge in [-0.25, -0.2) is 4.79 Å². The number of esters is 1. The lowest BCUT2D eigenvalue weighted by Crippen LogP contribution is -2.21. The van der Waals surface area contributed by atoms with Crippen molar-refractivity contribution < 1.29 is 19.1 Å². The van der Waals surface area contributed by atoms with E-state index in [0.717, 1.165) is 11.1 Å². The molecule has 0 aliphatic carbocycles. The van der Waals surface area contributed by atoms with Crippen LogP contribution in [-0.2, 0) is 9.53 Å². The average Bonchev–Trinajstić information content (AvgIpc) is 3.24. The topological polar surface area (TPSA) is 84.5 Å². The van der Waals surface area contributed by atoms with Crippen LogP contribution in [0, 0.1) is 13.8 Å². The van der Waals surface area contributed by atoms with E-state index in [-0.39, 0.29) is 18.1 Å². The number of aryl methyl sites for hydroxylation is 2. The molecule has 3 rings (SSSR count). The predicted molar refractivity (Wildman–Crippen MR) is 114 cm³/mol. The lowest BCUT2D eigenvalue weighted by Gasteiger charge is -2.09. The third kappa shape index (κ3) is 5.52. The molecule has 6 nitrogen and oxygen atoms in total. The molecule has 0 bridgehead atoms. The highest BCUT2D eigenvalue weighted by molar-refractivity contribution is 7.12. The molecule has 0 atom stereocenters. The summed E-state index contributed by atoms with van der Waals surface area (Å²) in [5, 5.41) is 7.27. The summed E-state index contributed by atoms with van der Waals surface area (Å²) >= 11 is 1.35. The fraction of sp³-hybridized carbons (Fsp3) is 0.136. The van der Waals surface area contributed by atoms with Crippen molar-refractivity contribution in [1.82, 2.24) is 0 Å². The molecule has 0 spiro atoms. The molecule has 1 aromatic heterocycles. The van der Waals surface area contributed by atoms with Gasteiger partial charge in [0.2, 0.25) is 0 Å². The van der Waals surface area contributed by atoms with Crippen LogP contribution in [0.2, 0.25) is 0 Å². The number of benzene rings is 2. The molecule has 29 heavy (non-hydrogen) atoms. The third-order valence-corrected chi connectivity index (χ3v) is 5.12. The van der Waals surface area contributed by atoms with Crippen molar-refractivity contribution in [3.63, 3.8) is 0 Å². The molecular weight excluding hydrogens is 388 g/mol. The van der Waals surface area contributed by atoms with Crippen LogP contribution in [0.5, 0.6) is 0 Å². The Morgan fingerprint density at radius 1 is 0.897 bits per heavy atom. The molecule has 0 unspecified atom stereocenters. The van der Waals surface area contributed by atoms with Gasteiger partial charge in [0.25, 0.3) is 11.8 Å². The Morgan fingerprint density at radius 2 is 1.62 bits per heavy atom. The van der Waals surface area contributed by atoms with Crippen LogP contribution in [0.4, 0.5) is 11.4 Å². The Hall–Kier alpha value is -3.45. The predicted octanol–water partition coefficient (Wildman–Crippen LogP) is 4.41. The van der Waals surface area contributed by atoms with E-state index in [2.05, 4.69) is 10.6 Å². The molecule has 7 heteroatoms. The second kappa shape index (κ2) is 9.16. The van der Waals surface area contributed by atoms with E-state index in [9.17, 15) is 14.4 Å². The number of amides is 2. The maximum Gasteiger partial charge on any atom is 0.338 e. The van der Waals surface area contributed by atoms with Crippen LogP contribution in [0.25, 0.3) is 0 Å². The van der Waals surface area contributed by atoms with Crippen LogP contribution in [0.1, 0.15) is 31.2 Å². The molecule has 1 heterocycles. The number of ether oxygens (including phenoxy) is 1. The first-order valence-electron chi connectivity index (χ1n) is 8.91. The summed E-state index contributed by atoms with van der Waals surface area (Å²) in [4.78, 5) is 36.8. The number of rotatable bonds is 6. The highest BCUT2D eigenvalue weighted by Crippen LogP contribution is 2.16. The van der Waals surface area contributed by atoms with Crippen LogP contribution >= 0.6 is 11.3 Å². The van der Waals surface area contributed by atoms with Crippen molar-refractivity contribution in [1.29, 1.82) is 0 Å². The van der Waals surface area contributed by atoms with Crippen LogP contribution in [0.3, 0.4) is 0 Å². The lowest BCUT2D eigenvalue weighted by molar-refractivity contribution is -0.119. The minimum absolute atomic E-state index is 0.210. The van der Waals surface area contributed by atoms with E-state index >= 15 is 0 Å². The highest BCUT2D eigenvalue weighted by atomic mass is 32.1. The van der Waals surface area contributed by atoms with Crippen LogP contribution in [-0.4, -0.2) is 24.4 Å². The fourth-order valence-electron chi connectivity index (χ4n) is 2.52. The number of hydrogen-bond donors (Lipinski definition) is 2. The smallest absolute Gasteiger partial charge is 0.338 e. The summed E-state index contributed by atoms with van der Waals surface area (Å²) in [5.41, 5.74) is 3.70. The summed E-state index contributed by atoms with van der Waals surface area (Å²) in [6.45, 7) is 3.56. The quantitative estimate of drug-likeness (QED) is 0.592. The van der Waals surface area contributed by atoms with Crippen molar-refractivity contribution in [3.8, 4) is 0 Å². The summed E-state index contributed by atoms with van der Waals surface area (Å²) < 4.78 is 5.06. The molecule has 0 saturated carbocycles. The van der Waals surface area contributed by atoms with Gasteiger partial charge in [-0.05, 0) is 72.8 Å². The number of hydrogen-bond acceptors (Lipinski definition) is 5. The number of thiophene rings is 1. The maximum absolute atomic E-state index is 12.1. The van der Waals surface area contributed by atoms with Gasteiger partial charge in [-0.1, -0.05) is 12.1 Å². The van der Waals surface area contributed by atoms with E-state index in [1.807, 2.05) is 31.4 Å². The first-order valence-corrected chi connectivity index (χ1v) is 9.79. The molecule has 0 radical (unpaired) electrons. The molecule has 2 aromatic carbocycles. The Kier molecular flexibility index (Phi) is 6.41. The molecule has 0 aliphatic rings. The normalized spacial score (nSPS) is 10.3. The first kappa shape index (κ1) is 20.3. The SMILES string of the molecule is Cc1ccc(NC(=O)COC(=O)c2ccc(NC(=O)c3cccs3)cc2)cc1C. The van der Waals surface area contributed by atoms with E-state index < -0.39 is 11.9 Å². The lowest BCUT2D eigenvalue weighted by atomic mass is 10.1. The van der Waals surface area contributed by atoms with Gasteiger partial charge in [-0.3, -0.25) is 9.59 Å². The molecule has 0 fully saturated rings. The van der Waals surface area contributed by atoms with Gasteiger partial charge < -0.3 is 15.4 Å². The minimum atomic E-state index is -0.614. The second-order valence-corrected chi connectivity index (χ2v) is 7.38. The number of carbonyl (C=O) groups excluding carboxylic acids is 3. The molecule has 0 saturated heterocycles. The number of anilines is 2. The zero-order valence-electron chi connectivity index (χ0n) is 16.0. The van der Waals surface area contributed by atoms with Gasteiger partial charge in [0.05, 0.1) is 10.4 Å². The summed E-state index contributed by atoms with van der Waals surface area (Å²) in [5.74, 6) is -1.24. The van der Waals surface area contributed by atoms with E-state index in [0.29, 0.717) is 16.3 Å². The van der Waals surface area contributed by atoms with Crippen molar-refractivity contribution in [2.75, 3.05) is 17.2 Å². The van der Waals surface area contributed by atoms with Crippen molar-refractivity contribution >= 4 is 40.5 Å². The van der Waals surface area contributed by atoms with Gasteiger partial charge in [0, 0.05) is 11.4 Å². The average molecular weight is 408 g/mol. The molecule has 148 valence electrons. The molecule has 2 N–H and O–H groups in total. The van der Waals surface area contributed by atoms with Gasteiger partial charge in [0.1, 0.15) is 0 Å². The number of nitrogens with one attached hydrogen (secondary N) is 2. The van der Waals surface area contributed by atoms with E-state index in [1.165, 1.54) is 23.5 Å². The molecule has 0 aliphatic heterocycles. The molecule has 3 aromatic rings. The summed E-state index contributed by atoms with van der Waals surface area (Å²) in [6, 6.07) is 15.4. The molecular formula is C22H20N2O4S. The van der Waals surface area contributed by atoms with Crippen molar-refractivity contribution in [3.05, 3.63) is 81.5 Å². The van der Waals surface area contributed by atoms with Crippen LogP contribution in [0.15, 0.2) is 60.0 Å². The van der Waals surface area contributed by atoms with Gasteiger partial charge in [-0.15, -0.1) is 11.3 Å². The monoisotopic (exact) mass is 408 g/mol. The zero-order chi connectivity index (χ0) is 20.8. The Balaban J connectivity index is 1.50. The van der Waals surface area contributed by atoms with Gasteiger partial charge >= 0.3 is 5.97 Å². The maximum atomic E-state index is 12.1. The largest absolute Gasteiger partial charge is 0.452 e.